The quantitative estimate of drug-likeness (QED) is 0.298. The first-order chi connectivity index (χ1) is 20.7. The van der Waals surface area contributed by atoms with E-state index in [1.54, 1.807) is 32.4 Å². The fourth-order valence-electron chi connectivity index (χ4n) is 6.49. The predicted octanol–water partition coefficient (Wildman–Crippen LogP) is 5.88. The van der Waals surface area contributed by atoms with Crippen LogP contribution in [-0.2, 0) is 19.1 Å². The fraction of sp³-hybridized carbons (Fsp3) is 0.441. The van der Waals surface area contributed by atoms with Crippen LogP contribution in [0.3, 0.4) is 0 Å². The van der Waals surface area contributed by atoms with Crippen LogP contribution in [0.15, 0.2) is 58.9 Å². The van der Waals surface area contributed by atoms with Gasteiger partial charge in [-0.1, -0.05) is 18.6 Å². The van der Waals surface area contributed by atoms with E-state index in [4.69, 9.17) is 23.7 Å². The van der Waals surface area contributed by atoms with Crippen LogP contribution in [0.5, 0.6) is 23.0 Å². The molecular weight excluding hydrogens is 550 g/mol. The SMILES string of the molecule is COc1ccc([C@H]2CC(=O)C3=C(C2)NC(C)=C(C(=O)OC2CCCCC2)[C@H]3c2ccc(OC(C)=O)c(OC)c2)cc1OC. The molecule has 2 atom stereocenters. The minimum absolute atomic E-state index is 0.0583. The van der Waals surface area contributed by atoms with E-state index in [0.717, 1.165) is 43.4 Å². The van der Waals surface area contributed by atoms with E-state index in [1.807, 2.05) is 25.1 Å². The Morgan fingerprint density at radius 2 is 1.44 bits per heavy atom. The van der Waals surface area contributed by atoms with Crippen LogP contribution in [0.4, 0.5) is 0 Å². The summed E-state index contributed by atoms with van der Waals surface area (Å²) >= 11 is 0. The molecule has 1 aliphatic heterocycles. The number of esters is 2. The smallest absolute Gasteiger partial charge is 0.337 e. The minimum Gasteiger partial charge on any atom is -0.493 e. The van der Waals surface area contributed by atoms with E-state index in [1.165, 1.54) is 14.0 Å². The van der Waals surface area contributed by atoms with Gasteiger partial charge in [-0.3, -0.25) is 9.59 Å². The van der Waals surface area contributed by atoms with Gasteiger partial charge in [-0.15, -0.1) is 0 Å². The van der Waals surface area contributed by atoms with Crippen LogP contribution < -0.4 is 24.3 Å². The number of benzene rings is 2. The van der Waals surface area contributed by atoms with Crippen molar-refractivity contribution in [1.29, 1.82) is 0 Å². The van der Waals surface area contributed by atoms with E-state index in [0.29, 0.717) is 46.1 Å². The molecule has 0 radical (unpaired) electrons. The standard InChI is InChI=1S/C34H39NO8/c1-19-31(34(38)43-24-9-7-6-8-10-24)32(22-12-14-28(42-20(2)36)30(18-22)41-5)33-25(35-19)15-23(16-26(33)37)21-11-13-27(39-3)29(17-21)40-4/h11-14,17-18,23-24,32,35H,6-10,15-16H2,1-5H3/t23-,32-/m1/s1. The van der Waals surface area contributed by atoms with E-state index in [9.17, 15) is 14.4 Å². The van der Waals surface area contributed by atoms with Gasteiger partial charge in [-0.05, 0) is 80.3 Å². The summed E-state index contributed by atoms with van der Waals surface area (Å²) in [6.45, 7) is 3.17. The minimum atomic E-state index is -0.675. The largest absolute Gasteiger partial charge is 0.493 e. The summed E-state index contributed by atoms with van der Waals surface area (Å²) in [5, 5.41) is 3.41. The molecule has 3 aliphatic rings. The Hall–Kier alpha value is -4.27. The number of ether oxygens (including phenoxy) is 5. The van der Waals surface area contributed by atoms with Gasteiger partial charge in [0.25, 0.3) is 0 Å². The van der Waals surface area contributed by atoms with Crippen LogP contribution in [0.25, 0.3) is 0 Å². The van der Waals surface area contributed by atoms with Crippen LogP contribution in [-0.4, -0.2) is 45.2 Å². The first-order valence-electron chi connectivity index (χ1n) is 14.8. The van der Waals surface area contributed by atoms with Crippen LogP contribution >= 0.6 is 0 Å². The third kappa shape index (κ3) is 6.26. The van der Waals surface area contributed by atoms with Crippen LogP contribution in [0.1, 0.15) is 81.8 Å². The van der Waals surface area contributed by atoms with Crippen molar-refractivity contribution >= 4 is 17.7 Å². The molecule has 0 spiro atoms. The Labute approximate surface area is 252 Å². The molecule has 0 saturated heterocycles. The number of methoxy groups -OCH3 is 3. The Morgan fingerprint density at radius 1 is 0.814 bits per heavy atom. The number of rotatable bonds is 8. The highest BCUT2D eigenvalue weighted by atomic mass is 16.6. The number of Topliss-reactive ketones (excluding diaryl/α,β-unsaturated/α-hetero) is 1. The summed E-state index contributed by atoms with van der Waals surface area (Å²) in [5.41, 5.74) is 4.01. The molecule has 1 N–H and O–H groups in total. The molecule has 0 amide bonds. The first-order valence-corrected chi connectivity index (χ1v) is 14.8. The van der Waals surface area contributed by atoms with Gasteiger partial charge < -0.3 is 29.0 Å². The lowest BCUT2D eigenvalue weighted by molar-refractivity contribution is -0.146. The van der Waals surface area contributed by atoms with E-state index >= 15 is 0 Å². The zero-order chi connectivity index (χ0) is 30.7. The fourth-order valence-corrected chi connectivity index (χ4v) is 6.49. The van der Waals surface area contributed by atoms with E-state index < -0.39 is 17.9 Å². The van der Waals surface area contributed by atoms with Gasteiger partial charge in [-0.2, -0.15) is 0 Å². The lowest BCUT2D eigenvalue weighted by atomic mass is 9.71. The molecule has 43 heavy (non-hydrogen) atoms. The first kappa shape index (κ1) is 30.2. The van der Waals surface area contributed by atoms with Crippen LogP contribution in [0, 0.1) is 0 Å². The number of allylic oxidation sites excluding steroid dienone is 3. The maximum absolute atomic E-state index is 14.1. The lowest BCUT2D eigenvalue weighted by Gasteiger charge is -2.37. The monoisotopic (exact) mass is 589 g/mol. The number of dihydropyridines is 1. The van der Waals surface area contributed by atoms with Crippen molar-refractivity contribution in [2.45, 2.75) is 76.7 Å². The second-order valence-corrected chi connectivity index (χ2v) is 11.3. The van der Waals surface area contributed by atoms with Gasteiger partial charge in [0.1, 0.15) is 6.10 Å². The van der Waals surface area contributed by atoms with Crippen molar-refractivity contribution in [2.24, 2.45) is 0 Å². The number of hydrogen-bond donors (Lipinski definition) is 1. The molecule has 5 rings (SSSR count). The zero-order valence-corrected chi connectivity index (χ0v) is 25.4. The molecule has 2 aromatic carbocycles. The zero-order valence-electron chi connectivity index (χ0n) is 25.4. The van der Waals surface area contributed by atoms with Gasteiger partial charge in [0.2, 0.25) is 0 Å². The molecule has 1 fully saturated rings. The summed E-state index contributed by atoms with van der Waals surface area (Å²) in [6, 6.07) is 10.9. The molecule has 0 aromatic heterocycles. The Kier molecular flexibility index (Phi) is 9.08. The van der Waals surface area contributed by atoms with Crippen molar-refractivity contribution in [2.75, 3.05) is 21.3 Å². The topological polar surface area (TPSA) is 109 Å². The summed E-state index contributed by atoms with van der Waals surface area (Å²) in [5.74, 6) is 0.0862. The summed E-state index contributed by atoms with van der Waals surface area (Å²) in [6.07, 6.45) is 5.55. The number of carbonyl (C=O) groups excluding carboxylic acids is 3. The average molecular weight is 590 g/mol. The highest BCUT2D eigenvalue weighted by molar-refractivity contribution is 6.04. The molecule has 0 unspecified atom stereocenters. The molecule has 2 aromatic rings. The summed E-state index contributed by atoms with van der Waals surface area (Å²) < 4.78 is 27.8. The molecule has 228 valence electrons. The van der Waals surface area contributed by atoms with Crippen molar-refractivity contribution in [3.05, 3.63) is 70.1 Å². The van der Waals surface area contributed by atoms with Gasteiger partial charge in [0, 0.05) is 36.2 Å². The number of hydrogen-bond acceptors (Lipinski definition) is 9. The maximum atomic E-state index is 14.1. The molecule has 2 aliphatic carbocycles. The van der Waals surface area contributed by atoms with Gasteiger partial charge >= 0.3 is 11.9 Å². The van der Waals surface area contributed by atoms with Crippen molar-refractivity contribution in [1.82, 2.24) is 5.32 Å². The Bertz CT molecular complexity index is 1480. The molecule has 0 bridgehead atoms. The number of carbonyl (C=O) groups is 3. The van der Waals surface area contributed by atoms with Crippen molar-refractivity contribution in [3.63, 3.8) is 0 Å². The highest BCUT2D eigenvalue weighted by Crippen LogP contribution is 2.48. The third-order valence-electron chi connectivity index (χ3n) is 8.53. The van der Waals surface area contributed by atoms with Crippen molar-refractivity contribution in [3.8, 4) is 23.0 Å². The molecule has 9 heteroatoms. The maximum Gasteiger partial charge on any atom is 0.337 e. The van der Waals surface area contributed by atoms with Crippen LogP contribution in [0.2, 0.25) is 0 Å². The lowest BCUT2D eigenvalue weighted by Crippen LogP contribution is -2.37. The van der Waals surface area contributed by atoms with E-state index in [-0.39, 0.29) is 30.0 Å². The predicted molar refractivity (Wildman–Crippen MR) is 159 cm³/mol. The van der Waals surface area contributed by atoms with Crippen molar-refractivity contribution < 1.29 is 38.1 Å². The molecule has 1 heterocycles. The molecule has 9 nitrogen and oxygen atoms in total. The Balaban J connectivity index is 1.56. The summed E-state index contributed by atoms with van der Waals surface area (Å²) in [7, 11) is 4.66. The average Bonchev–Trinajstić information content (AvgIpc) is 3.00. The number of ketones is 1. The van der Waals surface area contributed by atoms with Gasteiger partial charge in [0.05, 0.1) is 26.9 Å². The van der Waals surface area contributed by atoms with Gasteiger partial charge in [-0.25, -0.2) is 4.79 Å². The Morgan fingerprint density at radius 3 is 2.12 bits per heavy atom. The molecule has 1 saturated carbocycles. The normalized spacial score (nSPS) is 20.6. The number of nitrogens with one attached hydrogen (secondary N) is 1. The highest BCUT2D eigenvalue weighted by Gasteiger charge is 2.42. The molecular formula is C34H39NO8. The second kappa shape index (κ2) is 12.9. The van der Waals surface area contributed by atoms with E-state index in [2.05, 4.69) is 5.32 Å². The summed E-state index contributed by atoms with van der Waals surface area (Å²) in [4.78, 5) is 39.6. The third-order valence-corrected chi connectivity index (χ3v) is 8.53. The van der Waals surface area contributed by atoms with Gasteiger partial charge in [0.15, 0.2) is 28.8 Å². The second-order valence-electron chi connectivity index (χ2n) is 11.3.